The Kier molecular flexibility index (Phi) is 6.50. The first-order valence-corrected chi connectivity index (χ1v) is 10.7. The summed E-state index contributed by atoms with van der Waals surface area (Å²) in [7, 11) is 0. The van der Waals surface area contributed by atoms with E-state index in [-0.39, 0.29) is 18.3 Å². The molecule has 160 valence electrons. The average Bonchev–Trinajstić information content (AvgIpc) is 3.17. The number of anilines is 2. The summed E-state index contributed by atoms with van der Waals surface area (Å²) in [6, 6.07) is 12.9. The van der Waals surface area contributed by atoms with Crippen molar-refractivity contribution < 1.29 is 13.9 Å². The molecule has 2 heterocycles. The number of fused-ring (bicyclic) bond motifs is 1. The Morgan fingerprint density at radius 3 is 2.88 bits per heavy atom. The highest BCUT2D eigenvalue weighted by Crippen LogP contribution is 2.35. The van der Waals surface area contributed by atoms with E-state index in [2.05, 4.69) is 32.4 Å². The lowest BCUT2D eigenvalue weighted by molar-refractivity contribution is -0.118. The number of rotatable bonds is 5. The Morgan fingerprint density at radius 1 is 1.22 bits per heavy atom. The first-order valence-electron chi connectivity index (χ1n) is 9.46. The molecule has 0 saturated heterocycles. The highest BCUT2D eigenvalue weighted by molar-refractivity contribution is 7.20. The Balaban J connectivity index is 1.52. The number of thiophene rings is 1. The Morgan fingerprint density at radius 2 is 2.09 bits per heavy atom. The molecule has 4 rings (SSSR count). The predicted octanol–water partition coefficient (Wildman–Crippen LogP) is 5.51. The van der Waals surface area contributed by atoms with Crippen LogP contribution in [0.15, 0.2) is 54.9 Å². The number of nitrogens with zero attached hydrogens (tertiary/aromatic N) is 2. The monoisotopic (exact) mass is 466 g/mol. The summed E-state index contributed by atoms with van der Waals surface area (Å²) in [6.07, 6.45) is 1.47. The minimum Gasteiger partial charge on any atom is -0.456 e. The van der Waals surface area contributed by atoms with Crippen LogP contribution < -0.4 is 15.4 Å². The molecule has 2 N–H and O–H groups in total. The summed E-state index contributed by atoms with van der Waals surface area (Å²) in [6.45, 7) is 1.73. The van der Waals surface area contributed by atoms with Crippen LogP contribution in [0, 0.1) is 17.7 Å². The second-order valence-corrected chi connectivity index (χ2v) is 8.05. The molecule has 0 aliphatic heterocycles. The van der Waals surface area contributed by atoms with E-state index in [4.69, 9.17) is 16.3 Å². The van der Waals surface area contributed by atoms with Gasteiger partial charge in [0.2, 0.25) is 5.91 Å². The summed E-state index contributed by atoms with van der Waals surface area (Å²) in [5.41, 5.74) is 1.46. The van der Waals surface area contributed by atoms with Crippen LogP contribution in [0.25, 0.3) is 10.2 Å². The fourth-order valence-electron chi connectivity index (χ4n) is 2.76. The van der Waals surface area contributed by atoms with Gasteiger partial charge in [0.05, 0.1) is 26.7 Å². The first kappa shape index (κ1) is 21.6. The van der Waals surface area contributed by atoms with Crippen molar-refractivity contribution >= 4 is 50.6 Å². The van der Waals surface area contributed by atoms with Gasteiger partial charge < -0.3 is 15.4 Å². The minimum atomic E-state index is -0.389. The van der Waals surface area contributed by atoms with Crippen LogP contribution in [0.4, 0.5) is 15.9 Å². The molecule has 2 aromatic heterocycles. The van der Waals surface area contributed by atoms with Gasteiger partial charge in [-0.1, -0.05) is 29.5 Å². The maximum atomic E-state index is 13.4. The molecule has 0 bridgehead atoms. The number of nitrogens with one attached hydrogen (secondary N) is 2. The number of amides is 1. The van der Waals surface area contributed by atoms with Gasteiger partial charge in [-0.15, -0.1) is 11.3 Å². The lowest BCUT2D eigenvalue weighted by atomic mass is 10.3. The third-order valence-electron chi connectivity index (χ3n) is 4.17. The van der Waals surface area contributed by atoms with Crippen LogP contribution in [0.2, 0.25) is 5.02 Å². The van der Waals surface area contributed by atoms with Crippen molar-refractivity contribution in [1.29, 1.82) is 0 Å². The van der Waals surface area contributed by atoms with Crippen LogP contribution >= 0.6 is 22.9 Å². The third-order valence-corrected chi connectivity index (χ3v) is 5.51. The summed E-state index contributed by atoms with van der Waals surface area (Å²) < 4.78 is 19.9. The van der Waals surface area contributed by atoms with Gasteiger partial charge in [0.25, 0.3) is 0 Å². The fraction of sp³-hybridized carbons (Fsp3) is 0.0870. The van der Waals surface area contributed by atoms with E-state index in [1.807, 2.05) is 6.07 Å². The number of benzene rings is 2. The van der Waals surface area contributed by atoms with Gasteiger partial charge in [0, 0.05) is 18.7 Å². The number of hydrogen-bond acceptors (Lipinski definition) is 6. The van der Waals surface area contributed by atoms with E-state index in [1.54, 1.807) is 30.3 Å². The quantitative estimate of drug-likeness (QED) is 0.379. The molecule has 0 radical (unpaired) electrons. The molecule has 32 heavy (non-hydrogen) atoms. The highest BCUT2D eigenvalue weighted by Gasteiger charge is 2.10. The number of ether oxygens (including phenoxy) is 1. The van der Waals surface area contributed by atoms with Gasteiger partial charge in [-0.2, -0.15) is 0 Å². The lowest BCUT2D eigenvalue weighted by Crippen LogP contribution is -2.19. The molecular weight excluding hydrogens is 451 g/mol. The maximum absolute atomic E-state index is 13.4. The average molecular weight is 467 g/mol. The van der Waals surface area contributed by atoms with Crippen molar-refractivity contribution in [2.45, 2.75) is 6.92 Å². The Hall–Kier alpha value is -3.67. The standard InChI is InChI=1S/C23H16ClFN4O2S/c1-14(30)26-9-3-6-18-12-20-22(32-18)23(28-13-27-20)29-16-7-8-21(19(24)11-16)31-17-5-2-4-15(25)10-17/h2,4-5,7-8,10-13H,9H2,1H3,(H,26,30)(H,27,28,29). The third kappa shape index (κ3) is 5.32. The van der Waals surface area contributed by atoms with E-state index >= 15 is 0 Å². The summed E-state index contributed by atoms with van der Waals surface area (Å²) in [4.78, 5) is 20.4. The van der Waals surface area contributed by atoms with Crippen LogP contribution in [-0.4, -0.2) is 22.4 Å². The van der Waals surface area contributed by atoms with Gasteiger partial charge in [0.15, 0.2) is 5.82 Å². The molecule has 0 unspecified atom stereocenters. The zero-order valence-electron chi connectivity index (χ0n) is 16.8. The van der Waals surface area contributed by atoms with Crippen molar-refractivity contribution in [3.8, 4) is 23.3 Å². The number of halogens is 2. The largest absolute Gasteiger partial charge is 0.456 e. The van der Waals surface area contributed by atoms with Crippen molar-refractivity contribution in [3.05, 3.63) is 70.6 Å². The van der Waals surface area contributed by atoms with Gasteiger partial charge in [-0.25, -0.2) is 14.4 Å². The topological polar surface area (TPSA) is 76.1 Å². The molecule has 4 aromatic rings. The molecule has 2 aromatic carbocycles. The highest BCUT2D eigenvalue weighted by atomic mass is 35.5. The van der Waals surface area contributed by atoms with Crippen molar-refractivity contribution in [1.82, 2.24) is 15.3 Å². The minimum absolute atomic E-state index is 0.126. The summed E-state index contributed by atoms with van der Waals surface area (Å²) in [5.74, 6) is 6.79. The van der Waals surface area contributed by atoms with E-state index in [0.29, 0.717) is 28.0 Å². The molecular formula is C23H16ClFN4O2S. The van der Waals surface area contributed by atoms with Crippen LogP contribution in [0.3, 0.4) is 0 Å². The van der Waals surface area contributed by atoms with E-state index < -0.39 is 0 Å². The molecule has 6 nitrogen and oxygen atoms in total. The van der Waals surface area contributed by atoms with Crippen molar-refractivity contribution in [2.24, 2.45) is 0 Å². The maximum Gasteiger partial charge on any atom is 0.217 e. The molecule has 0 atom stereocenters. The Labute approximate surface area is 192 Å². The van der Waals surface area contributed by atoms with Gasteiger partial charge in [0.1, 0.15) is 23.6 Å². The summed E-state index contributed by atoms with van der Waals surface area (Å²) >= 11 is 7.81. The lowest BCUT2D eigenvalue weighted by Gasteiger charge is -2.11. The first-order chi connectivity index (χ1) is 15.5. The SMILES string of the molecule is CC(=O)NCC#Cc1cc2ncnc(Nc3ccc(Oc4cccc(F)c4)c(Cl)c3)c2s1. The second kappa shape index (κ2) is 9.64. The normalized spacial score (nSPS) is 10.3. The fourth-order valence-corrected chi connectivity index (χ4v) is 3.91. The molecule has 0 aliphatic carbocycles. The van der Waals surface area contributed by atoms with Gasteiger partial charge in [-0.3, -0.25) is 4.79 Å². The number of aromatic nitrogens is 2. The molecule has 1 amide bonds. The van der Waals surface area contributed by atoms with E-state index in [9.17, 15) is 9.18 Å². The molecule has 0 spiro atoms. The molecule has 0 aliphatic rings. The predicted molar refractivity (Wildman–Crippen MR) is 124 cm³/mol. The van der Waals surface area contributed by atoms with Crippen LogP contribution in [0.1, 0.15) is 11.8 Å². The zero-order valence-corrected chi connectivity index (χ0v) is 18.4. The van der Waals surface area contributed by atoms with E-state index in [0.717, 1.165) is 15.1 Å². The van der Waals surface area contributed by atoms with Crippen LogP contribution in [-0.2, 0) is 4.79 Å². The molecule has 0 fully saturated rings. The zero-order chi connectivity index (χ0) is 22.5. The Bertz CT molecular complexity index is 1360. The van der Waals surface area contributed by atoms with Gasteiger partial charge in [-0.05, 0) is 36.4 Å². The van der Waals surface area contributed by atoms with Crippen molar-refractivity contribution in [3.63, 3.8) is 0 Å². The smallest absolute Gasteiger partial charge is 0.217 e. The molecule has 0 saturated carbocycles. The number of carbonyl (C=O) groups excluding carboxylic acids is 1. The van der Waals surface area contributed by atoms with Crippen molar-refractivity contribution in [2.75, 3.05) is 11.9 Å². The van der Waals surface area contributed by atoms with Gasteiger partial charge >= 0.3 is 0 Å². The summed E-state index contributed by atoms with van der Waals surface area (Å²) in [5, 5.41) is 6.23. The molecule has 9 heteroatoms. The van der Waals surface area contributed by atoms with E-state index in [1.165, 1.54) is 36.7 Å². The number of carbonyl (C=O) groups is 1. The second-order valence-electron chi connectivity index (χ2n) is 6.59. The number of hydrogen-bond donors (Lipinski definition) is 2. The van der Waals surface area contributed by atoms with Crippen LogP contribution in [0.5, 0.6) is 11.5 Å².